The molecule has 0 unspecified atom stereocenters. The Labute approximate surface area is 319 Å². The summed E-state index contributed by atoms with van der Waals surface area (Å²) in [6.07, 6.45) is 0. The first kappa shape index (κ1) is 30.4. The Kier molecular flexibility index (Phi) is 6.47. The van der Waals surface area contributed by atoms with Crippen molar-refractivity contribution >= 4 is 86.0 Å². The molecule has 0 fully saturated rings. The number of thiophene rings is 1. The van der Waals surface area contributed by atoms with Crippen LogP contribution in [0.2, 0.25) is 0 Å². The first-order valence-electron chi connectivity index (χ1n) is 18.6. The molecule has 55 heavy (non-hydrogen) atoms. The smallest absolute Gasteiger partial charge is 0.160 e. The first-order chi connectivity index (χ1) is 27.3. The number of fused-ring (bicyclic) bond motifs is 11. The largest absolute Gasteiger partial charge is 0.309 e. The van der Waals surface area contributed by atoms with E-state index in [0.717, 1.165) is 39.1 Å². The van der Waals surface area contributed by atoms with Crippen LogP contribution in [-0.4, -0.2) is 19.1 Å². The summed E-state index contributed by atoms with van der Waals surface area (Å²) in [5, 5.41) is 8.63. The van der Waals surface area contributed by atoms with Crippen LogP contribution in [0.3, 0.4) is 0 Å². The molecule has 12 rings (SSSR count). The Morgan fingerprint density at radius 2 is 1.02 bits per heavy atom. The second-order valence-electron chi connectivity index (χ2n) is 14.2. The zero-order valence-electron chi connectivity index (χ0n) is 29.5. The summed E-state index contributed by atoms with van der Waals surface area (Å²) < 4.78 is 7.48. The van der Waals surface area contributed by atoms with Gasteiger partial charge >= 0.3 is 0 Å². The van der Waals surface area contributed by atoms with Crippen molar-refractivity contribution in [2.24, 2.45) is 0 Å². The first-order valence-corrected chi connectivity index (χ1v) is 19.4. The summed E-state index contributed by atoms with van der Waals surface area (Å²) >= 11 is 1.88. The maximum Gasteiger partial charge on any atom is 0.160 e. The van der Waals surface area contributed by atoms with Crippen molar-refractivity contribution in [3.63, 3.8) is 0 Å². The third-order valence-corrected chi connectivity index (χ3v) is 12.3. The zero-order chi connectivity index (χ0) is 36.0. The van der Waals surface area contributed by atoms with Gasteiger partial charge in [-0.05, 0) is 66.7 Å². The van der Waals surface area contributed by atoms with E-state index in [1.54, 1.807) is 0 Å². The Hall–Kier alpha value is -7.08. The highest BCUT2D eigenvalue weighted by Crippen LogP contribution is 2.45. The second-order valence-corrected chi connectivity index (χ2v) is 15.2. The Bertz CT molecular complexity index is 3470. The molecule has 0 aliphatic heterocycles. The molecule has 0 spiro atoms. The van der Waals surface area contributed by atoms with Gasteiger partial charge in [-0.15, -0.1) is 11.3 Å². The Balaban J connectivity index is 1.14. The molecule has 8 aromatic carbocycles. The van der Waals surface area contributed by atoms with Gasteiger partial charge in [0.05, 0.1) is 38.0 Å². The zero-order valence-corrected chi connectivity index (χ0v) is 30.3. The maximum absolute atomic E-state index is 5.17. The lowest BCUT2D eigenvalue weighted by atomic mass is 10.1. The monoisotopic (exact) mass is 718 g/mol. The predicted molar refractivity (Wildman–Crippen MR) is 232 cm³/mol. The molecule has 4 heterocycles. The van der Waals surface area contributed by atoms with Crippen molar-refractivity contribution in [1.82, 2.24) is 19.1 Å². The highest BCUT2D eigenvalue weighted by Gasteiger charge is 2.21. The fourth-order valence-corrected chi connectivity index (χ4v) is 9.88. The summed E-state index contributed by atoms with van der Waals surface area (Å²) in [5.41, 5.74) is 11.0. The Morgan fingerprint density at radius 3 is 1.85 bits per heavy atom. The van der Waals surface area contributed by atoms with Gasteiger partial charge in [0.2, 0.25) is 0 Å². The average Bonchev–Trinajstić information content (AvgIpc) is 3.90. The van der Waals surface area contributed by atoms with Crippen LogP contribution < -0.4 is 0 Å². The minimum atomic E-state index is 0.715. The van der Waals surface area contributed by atoms with Crippen molar-refractivity contribution in [3.05, 3.63) is 182 Å². The van der Waals surface area contributed by atoms with Crippen molar-refractivity contribution < 1.29 is 0 Å². The lowest BCUT2D eigenvalue weighted by molar-refractivity contribution is 1.17. The molecule has 4 nitrogen and oxygen atoms in total. The SMILES string of the molecule is c1ccc(-c2nc(-c3ccc(-n4c5cc6c(cc5c5ccc7c8ccccc8sc7c54)c4ccccc4n6-c4ccccc4)cc3)nc3ccccc23)cc1. The molecule has 0 saturated heterocycles. The van der Waals surface area contributed by atoms with Gasteiger partial charge in [-0.1, -0.05) is 115 Å². The molecule has 0 amide bonds. The normalized spacial score (nSPS) is 12.0. The number of aromatic nitrogens is 4. The number of hydrogen-bond acceptors (Lipinski definition) is 3. The van der Waals surface area contributed by atoms with Crippen molar-refractivity contribution in [2.75, 3.05) is 0 Å². The summed E-state index contributed by atoms with van der Waals surface area (Å²) in [4.78, 5) is 10.2. The van der Waals surface area contributed by atoms with E-state index in [0.29, 0.717) is 5.82 Å². The quantitative estimate of drug-likeness (QED) is 0.182. The van der Waals surface area contributed by atoms with E-state index in [-0.39, 0.29) is 0 Å². The second kappa shape index (κ2) is 11.7. The summed E-state index contributed by atoms with van der Waals surface area (Å²) in [6.45, 7) is 0. The van der Waals surface area contributed by atoms with Gasteiger partial charge in [0.25, 0.3) is 0 Å². The molecule has 0 atom stereocenters. The molecular formula is C50H30N4S. The van der Waals surface area contributed by atoms with Crippen molar-refractivity contribution in [2.45, 2.75) is 0 Å². The van der Waals surface area contributed by atoms with Crippen LogP contribution >= 0.6 is 11.3 Å². The summed E-state index contributed by atoms with van der Waals surface area (Å²) in [5.74, 6) is 0.715. The molecule has 5 heteroatoms. The molecule has 0 N–H and O–H groups in total. The minimum absolute atomic E-state index is 0.715. The third kappa shape index (κ3) is 4.51. The molecule has 0 aliphatic carbocycles. The van der Waals surface area contributed by atoms with Gasteiger partial charge in [0.15, 0.2) is 5.82 Å². The highest BCUT2D eigenvalue weighted by molar-refractivity contribution is 7.26. The third-order valence-electron chi connectivity index (χ3n) is 11.1. The minimum Gasteiger partial charge on any atom is -0.309 e. The van der Waals surface area contributed by atoms with Gasteiger partial charge in [0, 0.05) is 64.9 Å². The molecule has 0 saturated carbocycles. The summed E-state index contributed by atoms with van der Waals surface area (Å²) in [6, 6.07) is 65.2. The maximum atomic E-state index is 5.17. The van der Waals surface area contributed by atoms with Gasteiger partial charge in [0.1, 0.15) is 0 Å². The van der Waals surface area contributed by atoms with E-state index in [2.05, 4.69) is 179 Å². The van der Waals surface area contributed by atoms with Crippen LogP contribution in [0.1, 0.15) is 0 Å². The number of para-hydroxylation sites is 3. The van der Waals surface area contributed by atoms with Gasteiger partial charge in [-0.2, -0.15) is 0 Å². The lowest BCUT2D eigenvalue weighted by Crippen LogP contribution is -1.97. The van der Waals surface area contributed by atoms with Crippen LogP contribution in [0, 0.1) is 0 Å². The molecule has 0 radical (unpaired) electrons. The van der Waals surface area contributed by atoms with E-state index in [9.17, 15) is 0 Å². The molecule has 0 bridgehead atoms. The molecule has 0 aliphatic rings. The van der Waals surface area contributed by atoms with Crippen LogP contribution in [-0.2, 0) is 0 Å². The van der Waals surface area contributed by atoms with Crippen LogP contribution in [0.15, 0.2) is 182 Å². The molecule has 12 aromatic rings. The number of rotatable bonds is 4. The van der Waals surface area contributed by atoms with Gasteiger partial charge in [-0.3, -0.25) is 0 Å². The predicted octanol–water partition coefficient (Wildman–Crippen LogP) is 13.5. The lowest BCUT2D eigenvalue weighted by Gasteiger charge is -2.12. The van der Waals surface area contributed by atoms with E-state index < -0.39 is 0 Å². The van der Waals surface area contributed by atoms with Crippen LogP contribution in [0.4, 0.5) is 0 Å². The fraction of sp³-hybridized carbons (Fsp3) is 0. The highest BCUT2D eigenvalue weighted by atomic mass is 32.1. The topological polar surface area (TPSA) is 35.6 Å². The van der Waals surface area contributed by atoms with E-state index in [1.807, 2.05) is 23.5 Å². The number of benzene rings is 8. The van der Waals surface area contributed by atoms with Crippen molar-refractivity contribution in [1.29, 1.82) is 0 Å². The van der Waals surface area contributed by atoms with Gasteiger partial charge < -0.3 is 9.13 Å². The fourth-order valence-electron chi connectivity index (χ4n) is 8.64. The molecule has 4 aromatic heterocycles. The van der Waals surface area contributed by atoms with Crippen LogP contribution in [0.25, 0.3) is 109 Å². The molecule has 256 valence electrons. The average molecular weight is 719 g/mol. The van der Waals surface area contributed by atoms with Crippen LogP contribution in [0.5, 0.6) is 0 Å². The number of hydrogen-bond donors (Lipinski definition) is 0. The van der Waals surface area contributed by atoms with Crippen molar-refractivity contribution in [3.8, 4) is 34.0 Å². The number of nitrogens with zero attached hydrogens (tertiary/aromatic N) is 4. The van der Waals surface area contributed by atoms with E-state index in [1.165, 1.54) is 63.8 Å². The van der Waals surface area contributed by atoms with Gasteiger partial charge in [-0.25, -0.2) is 9.97 Å². The summed E-state index contributed by atoms with van der Waals surface area (Å²) in [7, 11) is 0. The van der Waals surface area contributed by atoms with E-state index >= 15 is 0 Å². The molecular weight excluding hydrogens is 689 g/mol. The standard InChI is InChI=1S/C50H30N4S/c1-3-13-31(14-4-1)47-39-19-7-10-20-42(39)51-50(52-47)32-23-25-34(26-24-32)54-45-30-44-40(35-17-8-11-21-43(35)53(44)33-15-5-2-6-16-33)29-41(45)37-27-28-38-36-18-9-12-22-46(36)55-49(38)48(37)54/h1-30H. The van der Waals surface area contributed by atoms with E-state index in [4.69, 9.17) is 9.97 Å². The Morgan fingerprint density at radius 1 is 0.382 bits per heavy atom.